The first-order chi connectivity index (χ1) is 13.3. The minimum absolute atomic E-state index is 0.449. The largest absolute Gasteiger partial charge is 0.232 e. The van der Waals surface area contributed by atoms with E-state index in [2.05, 4.69) is 59.6 Å². The zero-order valence-corrected chi connectivity index (χ0v) is 16.3. The number of aromatic nitrogens is 2. The molecular weight excluding hydrogens is 392 g/mol. The molecule has 0 radical (unpaired) electrons. The topological polar surface area (TPSA) is 25.8 Å². The fourth-order valence-electron chi connectivity index (χ4n) is 3.56. The lowest BCUT2D eigenvalue weighted by molar-refractivity contribution is 1.32. The van der Waals surface area contributed by atoms with Crippen LogP contribution >= 0.6 is 34.3 Å². The number of hydrogen-bond donors (Lipinski definition) is 0. The van der Waals surface area contributed by atoms with Gasteiger partial charge in [0.1, 0.15) is 16.0 Å². The van der Waals surface area contributed by atoms with Crippen LogP contribution in [0.4, 0.5) is 0 Å². The molecule has 3 heterocycles. The molecule has 0 fully saturated rings. The fraction of sp³-hybridized carbons (Fsp3) is 0. The monoisotopic (exact) mass is 402 g/mol. The number of halogens is 1. The van der Waals surface area contributed by atoms with Crippen molar-refractivity contribution < 1.29 is 0 Å². The predicted octanol–water partition coefficient (Wildman–Crippen LogP) is 7.53. The Morgan fingerprint density at radius 3 is 2.22 bits per heavy atom. The molecule has 0 aliphatic heterocycles. The van der Waals surface area contributed by atoms with Gasteiger partial charge in [-0.15, -0.1) is 22.7 Å². The maximum Gasteiger partial charge on any atom is 0.156 e. The summed E-state index contributed by atoms with van der Waals surface area (Å²) in [6.45, 7) is 0. The summed E-state index contributed by atoms with van der Waals surface area (Å²) < 4.78 is 3.74. The second kappa shape index (κ2) is 5.73. The lowest BCUT2D eigenvalue weighted by Crippen LogP contribution is -1.89. The van der Waals surface area contributed by atoms with Crippen molar-refractivity contribution in [3.8, 4) is 11.3 Å². The van der Waals surface area contributed by atoms with Crippen LogP contribution in [0, 0.1) is 0 Å². The lowest BCUT2D eigenvalue weighted by atomic mass is 10.1. The molecule has 128 valence electrons. The van der Waals surface area contributed by atoms with E-state index >= 15 is 0 Å². The van der Waals surface area contributed by atoms with Crippen LogP contribution in [-0.2, 0) is 0 Å². The van der Waals surface area contributed by atoms with Gasteiger partial charge in [-0.3, -0.25) is 0 Å². The van der Waals surface area contributed by atoms with Crippen LogP contribution in [0.2, 0.25) is 5.15 Å². The van der Waals surface area contributed by atoms with E-state index in [1.165, 1.54) is 24.9 Å². The zero-order chi connectivity index (χ0) is 18.0. The predicted molar refractivity (Wildman–Crippen MR) is 118 cm³/mol. The maximum absolute atomic E-state index is 6.57. The summed E-state index contributed by atoms with van der Waals surface area (Å²) in [6, 6.07) is 23.1. The van der Waals surface area contributed by atoms with Crippen molar-refractivity contribution in [2.24, 2.45) is 0 Å². The molecule has 0 aliphatic rings. The Balaban J connectivity index is 1.63. The van der Waals surface area contributed by atoms with Gasteiger partial charge in [-0.25, -0.2) is 9.97 Å². The minimum Gasteiger partial charge on any atom is -0.232 e. The Labute approximate surface area is 167 Å². The summed E-state index contributed by atoms with van der Waals surface area (Å²) in [4.78, 5) is 10.5. The van der Waals surface area contributed by atoms with Crippen LogP contribution in [0.15, 0.2) is 66.7 Å². The number of thiophene rings is 2. The second-order valence-electron chi connectivity index (χ2n) is 6.42. The highest BCUT2D eigenvalue weighted by atomic mass is 35.5. The summed E-state index contributed by atoms with van der Waals surface area (Å²) in [5.74, 6) is 0. The minimum atomic E-state index is 0.449. The SMILES string of the molecule is Clc1nc2c(nc1-c1ccc3sc4ccccc4c3c1)sc1ccccc12. The Morgan fingerprint density at radius 1 is 0.667 bits per heavy atom. The van der Waals surface area contributed by atoms with Crippen molar-refractivity contribution in [3.63, 3.8) is 0 Å². The second-order valence-corrected chi connectivity index (χ2v) is 8.90. The van der Waals surface area contributed by atoms with E-state index in [9.17, 15) is 0 Å². The molecule has 3 aromatic heterocycles. The van der Waals surface area contributed by atoms with Gasteiger partial charge in [0.15, 0.2) is 5.15 Å². The standard InChI is InChI=1S/C22H11ClN2S2/c23-21-19(25-22-20(24-21)14-6-2-4-8-17(14)27-22)12-9-10-18-15(11-12)13-5-1-3-7-16(13)26-18/h1-11H. The molecule has 0 aliphatic carbocycles. The summed E-state index contributed by atoms with van der Waals surface area (Å²) in [7, 11) is 0. The average Bonchev–Trinajstić information content (AvgIpc) is 3.24. The van der Waals surface area contributed by atoms with Crippen molar-refractivity contribution in [2.45, 2.75) is 0 Å². The summed E-state index contributed by atoms with van der Waals surface area (Å²) in [6.07, 6.45) is 0. The summed E-state index contributed by atoms with van der Waals surface area (Å²) >= 11 is 10.0. The highest BCUT2D eigenvalue weighted by molar-refractivity contribution is 7.26. The van der Waals surface area contributed by atoms with Gasteiger partial charge in [-0.1, -0.05) is 54.1 Å². The van der Waals surface area contributed by atoms with Gasteiger partial charge >= 0.3 is 0 Å². The van der Waals surface area contributed by atoms with Crippen LogP contribution in [0.25, 0.3) is 51.9 Å². The van der Waals surface area contributed by atoms with E-state index in [-0.39, 0.29) is 0 Å². The molecule has 27 heavy (non-hydrogen) atoms. The van der Waals surface area contributed by atoms with E-state index in [1.54, 1.807) is 11.3 Å². The average molecular weight is 403 g/mol. The maximum atomic E-state index is 6.57. The van der Waals surface area contributed by atoms with E-state index in [1.807, 2.05) is 23.5 Å². The molecule has 2 nitrogen and oxygen atoms in total. The molecule has 0 N–H and O–H groups in total. The Bertz CT molecular complexity index is 1500. The van der Waals surface area contributed by atoms with Crippen molar-refractivity contribution in [1.82, 2.24) is 9.97 Å². The first-order valence-electron chi connectivity index (χ1n) is 8.54. The van der Waals surface area contributed by atoms with Gasteiger partial charge in [-0.05, 0) is 24.3 Å². The molecule has 0 amide bonds. The van der Waals surface area contributed by atoms with Gasteiger partial charge in [0.05, 0.1) is 0 Å². The molecule has 0 bridgehead atoms. The van der Waals surface area contributed by atoms with Crippen molar-refractivity contribution in [3.05, 3.63) is 71.9 Å². The van der Waals surface area contributed by atoms with Crippen molar-refractivity contribution >= 4 is 74.9 Å². The molecule has 0 atom stereocenters. The van der Waals surface area contributed by atoms with E-state index in [4.69, 9.17) is 16.6 Å². The summed E-state index contributed by atoms with van der Waals surface area (Å²) in [5, 5.41) is 4.07. The number of rotatable bonds is 1. The zero-order valence-electron chi connectivity index (χ0n) is 13.9. The quantitative estimate of drug-likeness (QED) is 0.284. The van der Waals surface area contributed by atoms with E-state index in [0.29, 0.717) is 5.15 Å². The Hall–Kier alpha value is -2.53. The first kappa shape index (κ1) is 15.5. The first-order valence-corrected chi connectivity index (χ1v) is 10.6. The van der Waals surface area contributed by atoms with Gasteiger partial charge < -0.3 is 0 Å². The smallest absolute Gasteiger partial charge is 0.156 e. The molecule has 0 unspecified atom stereocenters. The number of fused-ring (bicyclic) bond motifs is 6. The summed E-state index contributed by atoms with van der Waals surface area (Å²) in [5.41, 5.74) is 2.63. The van der Waals surface area contributed by atoms with E-state index in [0.717, 1.165) is 27.0 Å². The van der Waals surface area contributed by atoms with Gasteiger partial charge in [0, 0.05) is 35.8 Å². The fourth-order valence-corrected chi connectivity index (χ4v) is 5.90. The van der Waals surface area contributed by atoms with Crippen LogP contribution in [0.5, 0.6) is 0 Å². The highest BCUT2D eigenvalue weighted by Crippen LogP contribution is 2.39. The third-order valence-corrected chi connectivity index (χ3v) is 7.29. The normalized spacial score (nSPS) is 11.9. The Kier molecular flexibility index (Phi) is 3.29. The third kappa shape index (κ3) is 2.31. The molecule has 6 aromatic rings. The molecular formula is C22H11ClN2S2. The number of hydrogen-bond acceptors (Lipinski definition) is 4. The number of nitrogens with zero attached hydrogens (tertiary/aromatic N) is 2. The van der Waals surface area contributed by atoms with Crippen LogP contribution in [0.3, 0.4) is 0 Å². The highest BCUT2D eigenvalue weighted by Gasteiger charge is 2.15. The van der Waals surface area contributed by atoms with Crippen LogP contribution in [0.1, 0.15) is 0 Å². The third-order valence-electron chi connectivity index (χ3n) is 4.82. The number of benzene rings is 3. The molecule has 0 spiro atoms. The lowest BCUT2D eigenvalue weighted by Gasteiger charge is -2.04. The molecule has 5 heteroatoms. The van der Waals surface area contributed by atoms with Crippen LogP contribution < -0.4 is 0 Å². The molecule has 3 aromatic carbocycles. The van der Waals surface area contributed by atoms with Crippen molar-refractivity contribution in [1.29, 1.82) is 0 Å². The Morgan fingerprint density at radius 2 is 1.37 bits per heavy atom. The van der Waals surface area contributed by atoms with Crippen molar-refractivity contribution in [2.75, 3.05) is 0 Å². The molecule has 0 saturated heterocycles. The van der Waals surface area contributed by atoms with Gasteiger partial charge in [0.2, 0.25) is 0 Å². The van der Waals surface area contributed by atoms with Gasteiger partial charge in [-0.2, -0.15) is 0 Å². The van der Waals surface area contributed by atoms with Crippen LogP contribution in [-0.4, -0.2) is 9.97 Å². The van der Waals surface area contributed by atoms with Gasteiger partial charge in [0.25, 0.3) is 0 Å². The van der Waals surface area contributed by atoms with E-state index < -0.39 is 0 Å². The molecule has 6 rings (SSSR count). The molecule has 0 saturated carbocycles.